The fourth-order valence-corrected chi connectivity index (χ4v) is 4.67. The lowest BCUT2D eigenvalue weighted by Gasteiger charge is -2.14. The van der Waals surface area contributed by atoms with E-state index in [4.69, 9.17) is 23.2 Å². The van der Waals surface area contributed by atoms with Crippen molar-refractivity contribution < 1.29 is 13.2 Å². The van der Waals surface area contributed by atoms with Crippen molar-refractivity contribution in [3.05, 3.63) is 99.5 Å². The first-order valence-electron chi connectivity index (χ1n) is 8.70. The second-order valence-corrected chi connectivity index (χ2v) is 8.81. The second-order valence-electron chi connectivity index (χ2n) is 6.28. The van der Waals surface area contributed by atoms with Crippen molar-refractivity contribution >= 4 is 44.8 Å². The molecule has 2 N–H and O–H groups in total. The molecule has 0 bridgehead atoms. The molecule has 0 spiro atoms. The van der Waals surface area contributed by atoms with E-state index in [9.17, 15) is 13.2 Å². The third-order valence-electron chi connectivity index (χ3n) is 4.13. The number of rotatable bonds is 7. The Morgan fingerprint density at radius 1 is 0.828 bits per heavy atom. The van der Waals surface area contributed by atoms with E-state index in [1.165, 1.54) is 6.07 Å². The van der Waals surface area contributed by atoms with Crippen LogP contribution in [0.2, 0.25) is 10.0 Å². The normalized spacial score (nSPS) is 11.1. The van der Waals surface area contributed by atoms with Crippen LogP contribution in [0.25, 0.3) is 0 Å². The molecule has 0 saturated carbocycles. The molecule has 0 radical (unpaired) electrons. The van der Waals surface area contributed by atoms with Crippen molar-refractivity contribution in [3.63, 3.8) is 0 Å². The smallest absolute Gasteiger partial charge is 0.253 e. The molecule has 8 heteroatoms. The van der Waals surface area contributed by atoms with E-state index in [-0.39, 0.29) is 27.2 Å². The Morgan fingerprint density at radius 3 is 2.14 bits per heavy atom. The molecule has 3 rings (SSSR count). The lowest BCUT2D eigenvalue weighted by atomic mass is 10.1. The van der Waals surface area contributed by atoms with E-state index in [2.05, 4.69) is 10.0 Å². The highest BCUT2D eigenvalue weighted by Gasteiger charge is 2.19. The van der Waals surface area contributed by atoms with Crippen molar-refractivity contribution in [2.24, 2.45) is 0 Å². The Balaban J connectivity index is 1.77. The summed E-state index contributed by atoms with van der Waals surface area (Å²) in [6, 6.07) is 20.6. The van der Waals surface area contributed by atoms with Gasteiger partial charge in [-0.15, -0.1) is 0 Å². The minimum absolute atomic E-state index is 0.182. The van der Waals surface area contributed by atoms with Crippen molar-refractivity contribution in [2.75, 3.05) is 4.72 Å². The molecular formula is C21H18Cl2N2O3S. The minimum Gasteiger partial charge on any atom is -0.348 e. The van der Waals surface area contributed by atoms with Gasteiger partial charge in [-0.3, -0.25) is 9.52 Å². The zero-order chi connectivity index (χ0) is 20.9. The molecule has 0 atom stereocenters. The highest BCUT2D eigenvalue weighted by Crippen LogP contribution is 2.27. The van der Waals surface area contributed by atoms with Crippen LogP contribution in [0, 0.1) is 0 Å². The number of hydrogen-bond acceptors (Lipinski definition) is 3. The summed E-state index contributed by atoms with van der Waals surface area (Å²) in [5.41, 5.74) is 1.64. The number of para-hydroxylation sites is 1. The first-order chi connectivity index (χ1) is 13.9. The van der Waals surface area contributed by atoms with Crippen LogP contribution < -0.4 is 10.0 Å². The number of benzene rings is 3. The average Bonchev–Trinajstić information content (AvgIpc) is 2.70. The van der Waals surface area contributed by atoms with Crippen LogP contribution >= 0.6 is 23.2 Å². The minimum atomic E-state index is -3.85. The van der Waals surface area contributed by atoms with Crippen molar-refractivity contribution in [1.29, 1.82) is 0 Å². The Morgan fingerprint density at radius 2 is 1.45 bits per heavy atom. The summed E-state index contributed by atoms with van der Waals surface area (Å²) in [5, 5.41) is 3.32. The second kappa shape index (κ2) is 9.31. The highest BCUT2D eigenvalue weighted by atomic mass is 35.5. The summed E-state index contributed by atoms with van der Waals surface area (Å²) < 4.78 is 27.8. The van der Waals surface area contributed by atoms with E-state index in [0.29, 0.717) is 12.1 Å². The van der Waals surface area contributed by atoms with Crippen molar-refractivity contribution in [3.8, 4) is 0 Å². The van der Waals surface area contributed by atoms with Gasteiger partial charge >= 0.3 is 0 Å². The van der Waals surface area contributed by atoms with Gasteiger partial charge in [-0.05, 0) is 29.8 Å². The molecule has 29 heavy (non-hydrogen) atoms. The van der Waals surface area contributed by atoms with Crippen molar-refractivity contribution in [2.45, 2.75) is 12.3 Å². The van der Waals surface area contributed by atoms with Gasteiger partial charge in [0, 0.05) is 22.2 Å². The quantitative estimate of drug-likeness (QED) is 0.541. The number of halogens is 2. The maximum atomic E-state index is 12.7. The first-order valence-corrected chi connectivity index (χ1v) is 11.1. The Kier molecular flexibility index (Phi) is 6.79. The van der Waals surface area contributed by atoms with Crippen LogP contribution in [0.4, 0.5) is 5.69 Å². The molecule has 0 aliphatic rings. The molecule has 0 fully saturated rings. The largest absolute Gasteiger partial charge is 0.348 e. The fraction of sp³-hybridized carbons (Fsp3) is 0.0952. The third-order valence-corrected chi connectivity index (χ3v) is 6.04. The summed E-state index contributed by atoms with van der Waals surface area (Å²) in [7, 11) is -3.85. The van der Waals surface area contributed by atoms with Gasteiger partial charge in [0.2, 0.25) is 10.0 Å². The van der Waals surface area contributed by atoms with Gasteiger partial charge in [0.05, 0.1) is 17.0 Å². The maximum Gasteiger partial charge on any atom is 0.253 e. The number of carbonyl (C=O) groups is 1. The number of amides is 1. The predicted octanol–water partition coefficient (Wildman–Crippen LogP) is 4.87. The summed E-state index contributed by atoms with van der Waals surface area (Å²) in [4.78, 5) is 12.6. The molecule has 1 amide bonds. The Bertz CT molecular complexity index is 1100. The summed E-state index contributed by atoms with van der Waals surface area (Å²) in [6.07, 6.45) is 0. The van der Waals surface area contributed by atoms with Crippen LogP contribution in [-0.4, -0.2) is 14.3 Å². The summed E-state index contributed by atoms with van der Waals surface area (Å²) in [5.74, 6) is -0.797. The van der Waals surface area contributed by atoms with E-state index in [1.54, 1.807) is 36.4 Å². The summed E-state index contributed by atoms with van der Waals surface area (Å²) >= 11 is 12.2. The Labute approximate surface area is 179 Å². The Hall–Kier alpha value is -2.54. The molecule has 0 aliphatic carbocycles. The van der Waals surface area contributed by atoms with Crippen LogP contribution in [-0.2, 0) is 22.3 Å². The molecule has 3 aromatic carbocycles. The van der Waals surface area contributed by atoms with E-state index >= 15 is 0 Å². The first kappa shape index (κ1) is 21.2. The molecule has 0 saturated heterocycles. The third kappa shape index (κ3) is 5.73. The standard InChI is InChI=1S/C21H18Cl2N2O3S/c22-18-10-6-11-19(23)17(18)14-29(27,28)25-20-12-5-4-9-16(20)21(26)24-13-15-7-2-1-3-8-15/h1-12,25H,13-14H2,(H,24,26). The number of carbonyl (C=O) groups excluding carboxylic acids is 1. The lowest BCUT2D eigenvalue weighted by Crippen LogP contribution is -2.25. The van der Waals surface area contributed by atoms with Crippen LogP contribution in [0.1, 0.15) is 21.5 Å². The molecule has 3 aromatic rings. The monoisotopic (exact) mass is 448 g/mol. The number of anilines is 1. The highest BCUT2D eigenvalue weighted by molar-refractivity contribution is 7.91. The molecule has 5 nitrogen and oxygen atoms in total. The van der Waals surface area contributed by atoms with E-state index < -0.39 is 15.8 Å². The number of nitrogens with one attached hydrogen (secondary N) is 2. The van der Waals surface area contributed by atoms with Gasteiger partial charge in [0.25, 0.3) is 5.91 Å². The van der Waals surface area contributed by atoms with Crippen LogP contribution in [0.3, 0.4) is 0 Å². The van der Waals surface area contributed by atoms with Crippen LogP contribution in [0.5, 0.6) is 0 Å². The molecule has 0 aromatic heterocycles. The van der Waals surface area contributed by atoms with Gasteiger partial charge in [-0.25, -0.2) is 8.42 Å². The zero-order valence-electron chi connectivity index (χ0n) is 15.2. The van der Waals surface area contributed by atoms with E-state index in [0.717, 1.165) is 5.56 Å². The predicted molar refractivity (Wildman–Crippen MR) is 117 cm³/mol. The van der Waals surface area contributed by atoms with Gasteiger partial charge < -0.3 is 5.32 Å². The summed E-state index contributed by atoms with van der Waals surface area (Å²) in [6.45, 7) is 0.329. The molecule has 0 heterocycles. The van der Waals surface area contributed by atoms with Crippen LogP contribution in [0.15, 0.2) is 72.8 Å². The number of sulfonamides is 1. The fourth-order valence-electron chi connectivity index (χ4n) is 2.71. The average molecular weight is 449 g/mol. The topological polar surface area (TPSA) is 75.3 Å². The van der Waals surface area contributed by atoms with E-state index in [1.807, 2.05) is 30.3 Å². The molecular weight excluding hydrogens is 431 g/mol. The van der Waals surface area contributed by atoms with Gasteiger partial charge in [-0.1, -0.05) is 71.7 Å². The molecule has 0 aliphatic heterocycles. The molecule has 150 valence electrons. The van der Waals surface area contributed by atoms with Gasteiger partial charge in [0.1, 0.15) is 0 Å². The van der Waals surface area contributed by atoms with Crippen molar-refractivity contribution in [1.82, 2.24) is 5.32 Å². The lowest BCUT2D eigenvalue weighted by molar-refractivity contribution is 0.0952. The van der Waals surface area contributed by atoms with Gasteiger partial charge in [-0.2, -0.15) is 0 Å². The van der Waals surface area contributed by atoms with Gasteiger partial charge in [0.15, 0.2) is 0 Å². The maximum absolute atomic E-state index is 12.7. The SMILES string of the molecule is O=C(NCc1ccccc1)c1ccccc1NS(=O)(=O)Cc1c(Cl)cccc1Cl. The zero-order valence-corrected chi connectivity index (χ0v) is 17.6. The molecule has 0 unspecified atom stereocenters. The number of hydrogen-bond donors (Lipinski definition) is 2.